The summed E-state index contributed by atoms with van der Waals surface area (Å²) in [6.07, 6.45) is 4.62. The molecule has 4 aromatic carbocycles. The Hall–Kier alpha value is -4.35. The second-order valence-electron chi connectivity index (χ2n) is 9.91. The first kappa shape index (κ1) is 26.3. The van der Waals surface area contributed by atoms with Gasteiger partial charge in [-0.2, -0.15) is 0 Å². The van der Waals surface area contributed by atoms with Crippen molar-refractivity contribution in [1.29, 1.82) is 0 Å². The Morgan fingerprint density at radius 1 is 0.897 bits per heavy atom. The van der Waals surface area contributed by atoms with E-state index in [1.807, 2.05) is 103 Å². The molecule has 39 heavy (non-hydrogen) atoms. The molecule has 5 nitrogen and oxygen atoms in total. The van der Waals surface area contributed by atoms with E-state index in [-0.39, 0.29) is 40.6 Å². The van der Waals surface area contributed by atoms with Gasteiger partial charge in [0.25, 0.3) is 0 Å². The van der Waals surface area contributed by atoms with E-state index in [0.29, 0.717) is 12.8 Å². The van der Waals surface area contributed by atoms with Crippen LogP contribution < -0.4 is 4.74 Å². The van der Waals surface area contributed by atoms with Gasteiger partial charge in [0.2, 0.25) is 0 Å². The van der Waals surface area contributed by atoms with Crippen molar-refractivity contribution in [2.45, 2.75) is 43.8 Å². The first-order valence-corrected chi connectivity index (χ1v) is 13.3. The number of phenols is 2. The van der Waals surface area contributed by atoms with E-state index in [4.69, 9.17) is 4.74 Å². The molecular weight excluding hydrogens is 488 g/mol. The predicted molar refractivity (Wildman–Crippen MR) is 151 cm³/mol. The summed E-state index contributed by atoms with van der Waals surface area (Å²) in [5.41, 5.74) is 3.20. The van der Waals surface area contributed by atoms with Gasteiger partial charge in [-0.15, -0.1) is 0 Å². The molecule has 5 heteroatoms. The molecular formula is C34H32O5. The van der Waals surface area contributed by atoms with Crippen LogP contribution in [0, 0.1) is 0 Å². The second kappa shape index (κ2) is 12.0. The lowest BCUT2D eigenvalue weighted by atomic mass is 9.85. The molecule has 0 amide bonds. The van der Waals surface area contributed by atoms with E-state index in [1.54, 1.807) is 0 Å². The van der Waals surface area contributed by atoms with Crippen molar-refractivity contribution in [3.05, 3.63) is 137 Å². The molecule has 0 bridgehead atoms. The lowest BCUT2D eigenvalue weighted by molar-refractivity contribution is 0.0844. The van der Waals surface area contributed by atoms with E-state index in [2.05, 4.69) is 0 Å². The van der Waals surface area contributed by atoms with E-state index in [0.717, 1.165) is 17.5 Å². The molecule has 0 aromatic heterocycles. The molecule has 0 saturated carbocycles. The highest BCUT2D eigenvalue weighted by Gasteiger charge is 2.34. The quantitative estimate of drug-likeness (QED) is 0.210. The molecule has 3 atom stereocenters. The molecule has 0 saturated heterocycles. The Labute approximate surface area is 228 Å². The van der Waals surface area contributed by atoms with Gasteiger partial charge < -0.3 is 20.1 Å². The number of carbonyl (C=O) groups is 1. The summed E-state index contributed by atoms with van der Waals surface area (Å²) in [6, 6.07) is 30.4. The number of phenolic OH excluding ortho intramolecular Hbond substituents is 2. The van der Waals surface area contributed by atoms with Gasteiger partial charge in [0.1, 0.15) is 28.9 Å². The Morgan fingerprint density at radius 2 is 1.54 bits per heavy atom. The smallest absolute Gasteiger partial charge is 0.174 e. The average molecular weight is 521 g/mol. The first-order chi connectivity index (χ1) is 19.0. The molecule has 0 aliphatic carbocycles. The summed E-state index contributed by atoms with van der Waals surface area (Å²) >= 11 is 0. The van der Waals surface area contributed by atoms with Gasteiger partial charge in [-0.1, -0.05) is 103 Å². The summed E-state index contributed by atoms with van der Waals surface area (Å²) in [5, 5.41) is 33.0. The number of aromatic hydroxyl groups is 2. The molecule has 0 spiro atoms. The fourth-order valence-electron chi connectivity index (χ4n) is 5.14. The van der Waals surface area contributed by atoms with Crippen LogP contribution in [-0.2, 0) is 6.42 Å². The van der Waals surface area contributed by atoms with Crippen molar-refractivity contribution in [3.8, 4) is 17.2 Å². The van der Waals surface area contributed by atoms with Gasteiger partial charge in [0.05, 0.1) is 12.5 Å². The second-order valence-corrected chi connectivity index (χ2v) is 9.91. The highest BCUT2D eigenvalue weighted by molar-refractivity contribution is 6.03. The Kier molecular flexibility index (Phi) is 8.09. The van der Waals surface area contributed by atoms with Gasteiger partial charge in [0, 0.05) is 17.5 Å². The molecule has 0 radical (unpaired) electrons. The highest BCUT2D eigenvalue weighted by atomic mass is 16.5. The Bertz CT molecular complexity index is 1430. The monoisotopic (exact) mass is 520 g/mol. The summed E-state index contributed by atoms with van der Waals surface area (Å²) in [7, 11) is 0. The van der Waals surface area contributed by atoms with Crippen LogP contribution in [0.15, 0.2) is 109 Å². The Morgan fingerprint density at radius 3 is 2.23 bits per heavy atom. The minimum Gasteiger partial charge on any atom is -0.507 e. The van der Waals surface area contributed by atoms with Crippen molar-refractivity contribution < 1.29 is 24.9 Å². The number of hydrogen-bond acceptors (Lipinski definition) is 5. The number of aliphatic hydroxyl groups excluding tert-OH is 1. The van der Waals surface area contributed by atoms with Crippen molar-refractivity contribution in [1.82, 2.24) is 0 Å². The van der Waals surface area contributed by atoms with Crippen LogP contribution in [-0.4, -0.2) is 27.2 Å². The molecule has 5 rings (SSSR count). The molecule has 3 N–H and O–H groups in total. The molecule has 1 aliphatic heterocycles. The van der Waals surface area contributed by atoms with E-state index < -0.39 is 18.1 Å². The molecule has 198 valence electrons. The normalized spacial score (nSPS) is 16.4. The number of ketones is 1. The third-order valence-corrected chi connectivity index (χ3v) is 7.19. The maximum Gasteiger partial charge on any atom is 0.174 e. The van der Waals surface area contributed by atoms with Crippen LogP contribution in [0.3, 0.4) is 0 Å². The fraction of sp³-hybridized carbons (Fsp3) is 0.206. The van der Waals surface area contributed by atoms with Crippen LogP contribution in [0.4, 0.5) is 0 Å². The van der Waals surface area contributed by atoms with Crippen LogP contribution in [0.5, 0.6) is 17.2 Å². The van der Waals surface area contributed by atoms with Crippen molar-refractivity contribution in [2.75, 3.05) is 0 Å². The summed E-state index contributed by atoms with van der Waals surface area (Å²) in [6.45, 7) is 0. The van der Waals surface area contributed by atoms with Crippen LogP contribution in [0.25, 0.3) is 0 Å². The number of Topliss-reactive ketones (excluding diaryl/α,β-unsaturated/α-hetero) is 1. The number of allylic oxidation sites excluding steroid dienone is 1. The highest BCUT2D eigenvalue weighted by Crippen LogP contribution is 2.48. The third kappa shape index (κ3) is 6.05. The minimum absolute atomic E-state index is 0.0900. The lowest BCUT2D eigenvalue weighted by Crippen LogP contribution is -2.21. The van der Waals surface area contributed by atoms with Gasteiger partial charge in [0.15, 0.2) is 5.78 Å². The summed E-state index contributed by atoms with van der Waals surface area (Å²) < 4.78 is 6.07. The molecule has 0 fully saturated rings. The number of hydrogen-bond donors (Lipinski definition) is 3. The molecule has 1 aliphatic rings. The third-order valence-electron chi connectivity index (χ3n) is 7.19. The zero-order valence-corrected chi connectivity index (χ0v) is 21.6. The zero-order chi connectivity index (χ0) is 27.2. The summed E-state index contributed by atoms with van der Waals surface area (Å²) in [5.74, 6) is -1.03. The van der Waals surface area contributed by atoms with Crippen LogP contribution in [0.1, 0.15) is 63.9 Å². The first-order valence-electron chi connectivity index (χ1n) is 13.3. The SMILES string of the molecule is O=C1C[C@H](c2ccccc2)Oc2cc(O)c([C@H](/C=C/C[C@@H](O)CCc3ccccc3)c3ccccc3)c(O)c21. The minimum atomic E-state index is -0.534. The van der Waals surface area contributed by atoms with Crippen molar-refractivity contribution in [3.63, 3.8) is 0 Å². The number of aryl methyl sites for hydroxylation is 1. The number of fused-ring (bicyclic) bond motifs is 1. The molecule has 4 aromatic rings. The number of aliphatic hydroxyl groups is 1. The van der Waals surface area contributed by atoms with Gasteiger partial charge in [-0.05, 0) is 36.0 Å². The number of ether oxygens (including phenoxy) is 1. The molecule has 1 heterocycles. The molecule has 0 unspecified atom stereocenters. The van der Waals surface area contributed by atoms with E-state index in [9.17, 15) is 20.1 Å². The van der Waals surface area contributed by atoms with Crippen molar-refractivity contribution in [2.24, 2.45) is 0 Å². The predicted octanol–water partition coefficient (Wildman–Crippen LogP) is 6.88. The Balaban J connectivity index is 1.41. The van der Waals surface area contributed by atoms with Crippen molar-refractivity contribution >= 4 is 5.78 Å². The van der Waals surface area contributed by atoms with Gasteiger partial charge in [-0.25, -0.2) is 0 Å². The van der Waals surface area contributed by atoms with Crippen LogP contribution >= 0.6 is 0 Å². The van der Waals surface area contributed by atoms with Gasteiger partial charge >= 0.3 is 0 Å². The zero-order valence-electron chi connectivity index (χ0n) is 21.6. The van der Waals surface area contributed by atoms with E-state index in [1.165, 1.54) is 11.6 Å². The largest absolute Gasteiger partial charge is 0.507 e. The van der Waals surface area contributed by atoms with Crippen LogP contribution in [0.2, 0.25) is 0 Å². The fourth-order valence-corrected chi connectivity index (χ4v) is 5.14. The number of rotatable bonds is 9. The maximum atomic E-state index is 13.2. The van der Waals surface area contributed by atoms with Gasteiger partial charge in [-0.3, -0.25) is 4.79 Å². The average Bonchev–Trinajstić information content (AvgIpc) is 2.96. The maximum absolute atomic E-state index is 13.2. The standard InChI is InChI=1S/C34H32O5/c35-26(20-19-23-11-4-1-5-12-23)17-10-18-27(24-13-6-2-7-14-24)32-28(36)22-31-33(34(32)38)29(37)21-30(39-31)25-15-8-3-9-16-25/h1-16,18,22,26-27,30,35-36,38H,17,19-21H2/b18-10+/t26-,27-,30-/m1/s1. The topological polar surface area (TPSA) is 87.0 Å². The van der Waals surface area contributed by atoms with E-state index >= 15 is 0 Å². The lowest BCUT2D eigenvalue weighted by Gasteiger charge is -2.28. The number of carbonyl (C=O) groups excluding carboxylic acids is 1. The summed E-state index contributed by atoms with van der Waals surface area (Å²) in [4.78, 5) is 13.2. The number of benzene rings is 4.